The predicted molar refractivity (Wildman–Crippen MR) is 57.1 cm³/mol. The van der Waals surface area contributed by atoms with E-state index >= 15 is 0 Å². The van der Waals surface area contributed by atoms with Gasteiger partial charge in [-0.15, -0.1) is 0 Å². The van der Waals surface area contributed by atoms with Gasteiger partial charge >= 0.3 is 5.97 Å². The standard InChI is InChI=1S/C10H20N2O3/c1-6(2)8(11)5-9(13)12-7(3)10(14)15-4/h6-8H,5,11H2,1-4H3,(H,12,13). The number of rotatable bonds is 5. The van der Waals surface area contributed by atoms with Gasteiger partial charge in [0.1, 0.15) is 6.04 Å². The largest absolute Gasteiger partial charge is 0.467 e. The van der Waals surface area contributed by atoms with Crippen molar-refractivity contribution in [1.82, 2.24) is 5.32 Å². The van der Waals surface area contributed by atoms with Crippen LogP contribution in [0.2, 0.25) is 0 Å². The first-order valence-corrected chi connectivity index (χ1v) is 5.01. The topological polar surface area (TPSA) is 81.4 Å². The minimum absolute atomic E-state index is 0.185. The maximum Gasteiger partial charge on any atom is 0.328 e. The lowest BCUT2D eigenvalue weighted by atomic mass is 10.0. The monoisotopic (exact) mass is 216 g/mol. The van der Waals surface area contributed by atoms with E-state index in [1.54, 1.807) is 6.92 Å². The number of ether oxygens (including phenoxy) is 1. The van der Waals surface area contributed by atoms with E-state index in [0.29, 0.717) is 0 Å². The maximum atomic E-state index is 11.4. The molecule has 15 heavy (non-hydrogen) atoms. The van der Waals surface area contributed by atoms with Crippen LogP contribution in [-0.2, 0) is 14.3 Å². The first-order valence-electron chi connectivity index (χ1n) is 5.01. The van der Waals surface area contributed by atoms with E-state index < -0.39 is 12.0 Å². The molecular weight excluding hydrogens is 196 g/mol. The summed E-state index contributed by atoms with van der Waals surface area (Å²) in [4.78, 5) is 22.4. The molecule has 0 aromatic rings. The molecule has 0 aromatic carbocycles. The van der Waals surface area contributed by atoms with Gasteiger partial charge in [0.05, 0.1) is 7.11 Å². The zero-order valence-electron chi connectivity index (χ0n) is 9.74. The Kier molecular flexibility index (Phi) is 5.93. The molecule has 0 aliphatic heterocycles. The molecule has 5 heteroatoms. The number of hydrogen-bond donors (Lipinski definition) is 2. The van der Waals surface area contributed by atoms with Crippen LogP contribution in [0.1, 0.15) is 27.2 Å². The minimum Gasteiger partial charge on any atom is -0.467 e. The van der Waals surface area contributed by atoms with Gasteiger partial charge in [-0.25, -0.2) is 4.79 Å². The molecule has 0 heterocycles. The van der Waals surface area contributed by atoms with Crippen LogP contribution in [0.5, 0.6) is 0 Å². The predicted octanol–water partition coefficient (Wildman–Crippen LogP) is 0.0375. The molecule has 0 aliphatic carbocycles. The molecule has 0 saturated carbocycles. The molecule has 2 atom stereocenters. The van der Waals surface area contributed by atoms with Crippen molar-refractivity contribution in [3.8, 4) is 0 Å². The molecule has 0 aliphatic rings. The number of methoxy groups -OCH3 is 1. The third-order valence-electron chi connectivity index (χ3n) is 2.21. The van der Waals surface area contributed by atoms with Crippen molar-refractivity contribution in [1.29, 1.82) is 0 Å². The molecule has 88 valence electrons. The molecule has 0 saturated heterocycles. The number of esters is 1. The Labute approximate surface area is 90.4 Å². The Hall–Kier alpha value is -1.10. The average molecular weight is 216 g/mol. The quantitative estimate of drug-likeness (QED) is 0.636. The van der Waals surface area contributed by atoms with Crippen molar-refractivity contribution in [3.63, 3.8) is 0 Å². The lowest BCUT2D eigenvalue weighted by Gasteiger charge is -2.17. The van der Waals surface area contributed by atoms with Crippen LogP contribution >= 0.6 is 0 Å². The molecular formula is C10H20N2O3. The van der Waals surface area contributed by atoms with Crippen LogP contribution in [0.15, 0.2) is 0 Å². The van der Waals surface area contributed by atoms with E-state index in [2.05, 4.69) is 10.1 Å². The van der Waals surface area contributed by atoms with Crippen LogP contribution in [0.25, 0.3) is 0 Å². The highest BCUT2D eigenvalue weighted by molar-refractivity contribution is 5.84. The summed E-state index contributed by atoms with van der Waals surface area (Å²) in [5.74, 6) is -0.445. The Morgan fingerprint density at radius 2 is 1.87 bits per heavy atom. The van der Waals surface area contributed by atoms with Crippen LogP contribution < -0.4 is 11.1 Å². The third kappa shape index (κ3) is 5.37. The SMILES string of the molecule is COC(=O)C(C)NC(=O)CC(N)C(C)C. The van der Waals surface area contributed by atoms with Gasteiger partial charge in [0.15, 0.2) is 0 Å². The van der Waals surface area contributed by atoms with Crippen LogP contribution in [0.4, 0.5) is 0 Å². The Balaban J connectivity index is 3.98. The molecule has 0 bridgehead atoms. The lowest BCUT2D eigenvalue weighted by Crippen LogP contribution is -2.42. The second kappa shape index (κ2) is 6.40. The molecule has 2 unspecified atom stereocenters. The third-order valence-corrected chi connectivity index (χ3v) is 2.21. The van der Waals surface area contributed by atoms with Gasteiger partial charge in [0.2, 0.25) is 5.91 Å². The fraction of sp³-hybridized carbons (Fsp3) is 0.800. The summed E-state index contributed by atoms with van der Waals surface area (Å²) in [6.07, 6.45) is 0.221. The Bertz CT molecular complexity index is 229. The first-order chi connectivity index (χ1) is 6.88. The summed E-state index contributed by atoms with van der Waals surface area (Å²) < 4.78 is 4.48. The number of nitrogens with two attached hydrogens (primary N) is 1. The van der Waals surface area contributed by atoms with Crippen molar-refractivity contribution in [2.24, 2.45) is 11.7 Å². The Morgan fingerprint density at radius 1 is 1.33 bits per heavy atom. The van der Waals surface area contributed by atoms with E-state index in [4.69, 9.17) is 5.73 Å². The number of hydrogen-bond acceptors (Lipinski definition) is 4. The molecule has 0 aromatic heterocycles. The average Bonchev–Trinajstić information content (AvgIpc) is 2.15. The zero-order valence-corrected chi connectivity index (χ0v) is 9.74. The van der Waals surface area contributed by atoms with Gasteiger partial charge in [0.25, 0.3) is 0 Å². The molecule has 0 fully saturated rings. The van der Waals surface area contributed by atoms with Gasteiger partial charge < -0.3 is 15.8 Å². The molecule has 3 N–H and O–H groups in total. The second-order valence-corrected chi connectivity index (χ2v) is 3.92. The van der Waals surface area contributed by atoms with Crippen molar-refractivity contribution in [2.45, 2.75) is 39.3 Å². The fourth-order valence-electron chi connectivity index (χ4n) is 0.986. The smallest absolute Gasteiger partial charge is 0.328 e. The highest BCUT2D eigenvalue weighted by Crippen LogP contribution is 2.02. The molecule has 0 radical (unpaired) electrons. The van der Waals surface area contributed by atoms with Crippen molar-refractivity contribution >= 4 is 11.9 Å². The van der Waals surface area contributed by atoms with Gasteiger partial charge in [-0.2, -0.15) is 0 Å². The molecule has 5 nitrogen and oxygen atoms in total. The van der Waals surface area contributed by atoms with E-state index in [-0.39, 0.29) is 24.3 Å². The Morgan fingerprint density at radius 3 is 2.27 bits per heavy atom. The van der Waals surface area contributed by atoms with Crippen molar-refractivity contribution in [3.05, 3.63) is 0 Å². The molecule has 0 rings (SSSR count). The summed E-state index contributed by atoms with van der Waals surface area (Å²) in [6.45, 7) is 5.47. The summed E-state index contributed by atoms with van der Waals surface area (Å²) in [6, 6.07) is -0.809. The first kappa shape index (κ1) is 13.9. The molecule has 0 spiro atoms. The highest BCUT2D eigenvalue weighted by atomic mass is 16.5. The fourth-order valence-corrected chi connectivity index (χ4v) is 0.986. The number of amides is 1. The summed E-state index contributed by atoms with van der Waals surface area (Å²) in [5.41, 5.74) is 5.72. The van der Waals surface area contributed by atoms with Crippen LogP contribution in [0, 0.1) is 5.92 Å². The van der Waals surface area contributed by atoms with Gasteiger partial charge in [-0.05, 0) is 12.8 Å². The van der Waals surface area contributed by atoms with E-state index in [1.807, 2.05) is 13.8 Å². The number of nitrogens with one attached hydrogen (secondary N) is 1. The lowest BCUT2D eigenvalue weighted by molar-refractivity contribution is -0.144. The van der Waals surface area contributed by atoms with Gasteiger partial charge in [-0.1, -0.05) is 13.8 Å². The van der Waals surface area contributed by atoms with Gasteiger partial charge in [-0.3, -0.25) is 4.79 Å². The van der Waals surface area contributed by atoms with E-state index in [9.17, 15) is 9.59 Å². The summed E-state index contributed by atoms with van der Waals surface area (Å²) >= 11 is 0. The van der Waals surface area contributed by atoms with Gasteiger partial charge in [0, 0.05) is 12.5 Å². The van der Waals surface area contributed by atoms with Crippen molar-refractivity contribution in [2.75, 3.05) is 7.11 Å². The summed E-state index contributed by atoms with van der Waals surface area (Å²) in [7, 11) is 1.28. The van der Waals surface area contributed by atoms with E-state index in [1.165, 1.54) is 7.11 Å². The normalized spacial score (nSPS) is 14.5. The highest BCUT2D eigenvalue weighted by Gasteiger charge is 2.18. The van der Waals surface area contributed by atoms with Crippen LogP contribution in [-0.4, -0.2) is 31.1 Å². The second-order valence-electron chi connectivity index (χ2n) is 3.92. The zero-order chi connectivity index (χ0) is 12.0. The summed E-state index contributed by atoms with van der Waals surface area (Å²) in [5, 5.41) is 2.52. The maximum absolute atomic E-state index is 11.4. The van der Waals surface area contributed by atoms with Crippen molar-refractivity contribution < 1.29 is 14.3 Å². The van der Waals surface area contributed by atoms with Crippen LogP contribution in [0.3, 0.4) is 0 Å². The molecule has 1 amide bonds. The van der Waals surface area contributed by atoms with E-state index in [0.717, 1.165) is 0 Å². The number of carbonyl (C=O) groups excluding carboxylic acids is 2. The minimum atomic E-state index is -0.623. The number of carbonyl (C=O) groups is 2.